The van der Waals surface area contributed by atoms with Crippen molar-refractivity contribution in [1.82, 2.24) is 10.3 Å². The first-order chi connectivity index (χ1) is 15.3. The first-order valence-electron chi connectivity index (χ1n) is 10.2. The van der Waals surface area contributed by atoms with Gasteiger partial charge in [0.1, 0.15) is 15.8 Å². The summed E-state index contributed by atoms with van der Waals surface area (Å²) in [6.07, 6.45) is 1.66. The topological polar surface area (TPSA) is 83.6 Å². The number of aromatic nitrogens is 1. The third-order valence-corrected chi connectivity index (χ3v) is 8.14. The molecular formula is C22H25FN4O3S2. The Labute approximate surface area is 191 Å². The van der Waals surface area contributed by atoms with Gasteiger partial charge in [0.05, 0.1) is 29.1 Å². The Morgan fingerprint density at radius 2 is 1.94 bits per heavy atom. The highest BCUT2D eigenvalue weighted by Gasteiger charge is 2.26. The number of pyridine rings is 1. The van der Waals surface area contributed by atoms with Crippen LogP contribution in [0.3, 0.4) is 0 Å². The number of nitrogens with zero attached hydrogens (tertiary/aromatic N) is 2. The van der Waals surface area contributed by atoms with Gasteiger partial charge < -0.3 is 15.0 Å². The molecule has 10 heteroatoms. The Morgan fingerprint density at radius 1 is 1.19 bits per heavy atom. The molecule has 1 saturated heterocycles. The Hall–Kier alpha value is -2.69. The van der Waals surface area contributed by atoms with Crippen LogP contribution in [-0.4, -0.2) is 45.7 Å². The predicted octanol–water partition coefficient (Wildman–Crippen LogP) is 3.95. The number of sulfonamides is 1. The second-order valence-electron chi connectivity index (χ2n) is 7.82. The van der Waals surface area contributed by atoms with E-state index in [1.54, 1.807) is 18.3 Å². The van der Waals surface area contributed by atoms with E-state index in [1.807, 2.05) is 30.9 Å². The van der Waals surface area contributed by atoms with Gasteiger partial charge in [-0.15, -0.1) is 11.3 Å². The maximum atomic E-state index is 14.9. The summed E-state index contributed by atoms with van der Waals surface area (Å²) in [6.45, 7) is 5.28. The third-order valence-electron chi connectivity index (χ3n) is 5.18. The minimum Gasteiger partial charge on any atom is -0.494 e. The van der Waals surface area contributed by atoms with Crippen molar-refractivity contribution in [3.05, 3.63) is 54.5 Å². The number of methoxy groups -OCH3 is 1. The molecule has 1 aromatic carbocycles. The molecule has 2 aromatic heterocycles. The third kappa shape index (κ3) is 4.72. The molecule has 0 bridgehead atoms. The summed E-state index contributed by atoms with van der Waals surface area (Å²) in [5, 5.41) is 3.41. The molecule has 0 aliphatic carbocycles. The van der Waals surface area contributed by atoms with Crippen LogP contribution in [0.25, 0.3) is 10.6 Å². The van der Waals surface area contributed by atoms with Gasteiger partial charge in [0.15, 0.2) is 0 Å². The molecule has 0 amide bonds. The van der Waals surface area contributed by atoms with Crippen LogP contribution >= 0.6 is 11.3 Å². The average molecular weight is 477 g/mol. The number of thiophene rings is 1. The number of anilines is 2. The molecule has 170 valence electrons. The SMILES string of the molecule is COc1cc(F)c(N2C[C@@H](C)N[C@@H](C)C2)cc1NS(=O)(=O)c1ccc(-c2ccccn2)s1. The van der Waals surface area contributed by atoms with Crippen molar-refractivity contribution >= 4 is 32.7 Å². The number of hydrogen-bond donors (Lipinski definition) is 2. The second-order valence-corrected chi connectivity index (χ2v) is 10.8. The van der Waals surface area contributed by atoms with Crippen LogP contribution < -0.4 is 19.7 Å². The van der Waals surface area contributed by atoms with Crippen molar-refractivity contribution in [3.8, 4) is 16.3 Å². The van der Waals surface area contributed by atoms with Crippen LogP contribution in [0.4, 0.5) is 15.8 Å². The molecule has 3 aromatic rings. The van der Waals surface area contributed by atoms with E-state index in [4.69, 9.17) is 4.74 Å². The first-order valence-corrected chi connectivity index (χ1v) is 12.5. The Morgan fingerprint density at radius 3 is 2.59 bits per heavy atom. The lowest BCUT2D eigenvalue weighted by Gasteiger charge is -2.38. The molecule has 7 nitrogen and oxygen atoms in total. The molecule has 0 spiro atoms. The zero-order valence-corrected chi connectivity index (χ0v) is 19.6. The highest BCUT2D eigenvalue weighted by atomic mass is 32.2. The second kappa shape index (κ2) is 9.05. The summed E-state index contributed by atoms with van der Waals surface area (Å²) < 4.78 is 49.0. The van der Waals surface area contributed by atoms with Gasteiger partial charge in [-0.25, -0.2) is 12.8 Å². The first kappa shape index (κ1) is 22.5. The van der Waals surface area contributed by atoms with E-state index in [9.17, 15) is 12.8 Å². The average Bonchev–Trinajstić information content (AvgIpc) is 3.26. The van der Waals surface area contributed by atoms with Gasteiger partial charge in [0.2, 0.25) is 0 Å². The molecule has 2 atom stereocenters. The standard InChI is InChI=1S/C22H25FN4O3S2/c1-14-12-27(13-15(2)25-14)19-11-18(20(30-3)10-16(19)23)26-32(28,29)22-8-7-21(31-22)17-6-4-5-9-24-17/h4-11,14-15,25-26H,12-13H2,1-3H3/t14-,15+. The molecule has 4 rings (SSSR count). The van der Waals surface area contributed by atoms with E-state index < -0.39 is 15.8 Å². The zero-order valence-electron chi connectivity index (χ0n) is 18.0. The van der Waals surface area contributed by atoms with Crippen molar-refractivity contribution in [1.29, 1.82) is 0 Å². The van der Waals surface area contributed by atoms with Crippen LogP contribution in [-0.2, 0) is 10.0 Å². The van der Waals surface area contributed by atoms with Crippen molar-refractivity contribution in [2.75, 3.05) is 29.8 Å². The van der Waals surface area contributed by atoms with E-state index in [0.29, 0.717) is 24.5 Å². The summed E-state index contributed by atoms with van der Waals surface area (Å²) >= 11 is 1.12. The Kier molecular flexibility index (Phi) is 6.36. The number of benzene rings is 1. The number of ether oxygens (including phenoxy) is 1. The number of nitrogens with one attached hydrogen (secondary N) is 2. The summed E-state index contributed by atoms with van der Waals surface area (Å²) in [5.41, 5.74) is 1.22. The van der Waals surface area contributed by atoms with Crippen molar-refractivity contribution in [2.45, 2.75) is 30.1 Å². The summed E-state index contributed by atoms with van der Waals surface area (Å²) in [6, 6.07) is 11.8. The van der Waals surface area contributed by atoms with E-state index in [1.165, 1.54) is 25.3 Å². The van der Waals surface area contributed by atoms with E-state index >= 15 is 0 Å². The zero-order chi connectivity index (χ0) is 22.9. The van der Waals surface area contributed by atoms with Crippen LogP contribution in [0.2, 0.25) is 0 Å². The van der Waals surface area contributed by atoms with Crippen molar-refractivity contribution in [2.24, 2.45) is 0 Å². The fourth-order valence-corrected chi connectivity index (χ4v) is 6.21. The minimum absolute atomic E-state index is 0.118. The molecule has 0 saturated carbocycles. The van der Waals surface area contributed by atoms with Crippen LogP contribution in [0.1, 0.15) is 13.8 Å². The predicted molar refractivity (Wildman–Crippen MR) is 126 cm³/mol. The number of hydrogen-bond acceptors (Lipinski definition) is 7. The molecule has 1 fully saturated rings. The molecule has 1 aliphatic rings. The molecule has 32 heavy (non-hydrogen) atoms. The Bertz CT molecular complexity index is 1190. The van der Waals surface area contributed by atoms with Crippen LogP contribution in [0, 0.1) is 5.82 Å². The van der Waals surface area contributed by atoms with Gasteiger partial charge in [-0.05, 0) is 44.2 Å². The van der Waals surface area contributed by atoms with Gasteiger partial charge in [0, 0.05) is 37.4 Å². The van der Waals surface area contributed by atoms with Crippen molar-refractivity contribution < 1.29 is 17.5 Å². The summed E-state index contributed by atoms with van der Waals surface area (Å²) in [7, 11) is -2.53. The largest absolute Gasteiger partial charge is 0.494 e. The minimum atomic E-state index is -3.91. The van der Waals surface area contributed by atoms with Crippen molar-refractivity contribution in [3.63, 3.8) is 0 Å². The lowest BCUT2D eigenvalue weighted by molar-refractivity contribution is 0.401. The van der Waals surface area contributed by atoms with E-state index in [0.717, 1.165) is 16.2 Å². The Balaban J connectivity index is 1.65. The van der Waals surface area contributed by atoms with E-state index in [-0.39, 0.29) is 27.7 Å². The van der Waals surface area contributed by atoms with Gasteiger partial charge in [-0.1, -0.05) is 6.07 Å². The highest BCUT2D eigenvalue weighted by molar-refractivity contribution is 7.94. The van der Waals surface area contributed by atoms with Gasteiger partial charge in [-0.3, -0.25) is 9.71 Å². The quantitative estimate of drug-likeness (QED) is 0.561. The molecule has 3 heterocycles. The maximum absolute atomic E-state index is 14.9. The van der Waals surface area contributed by atoms with Gasteiger partial charge >= 0.3 is 0 Å². The smallest absolute Gasteiger partial charge is 0.271 e. The normalized spacial score (nSPS) is 19.1. The van der Waals surface area contributed by atoms with Crippen LogP contribution in [0.15, 0.2) is 52.9 Å². The lowest BCUT2D eigenvalue weighted by Crippen LogP contribution is -2.54. The van der Waals surface area contributed by atoms with E-state index in [2.05, 4.69) is 15.0 Å². The molecule has 2 N–H and O–H groups in total. The molecule has 0 radical (unpaired) electrons. The monoisotopic (exact) mass is 476 g/mol. The van der Waals surface area contributed by atoms with Gasteiger partial charge in [-0.2, -0.15) is 0 Å². The fourth-order valence-electron chi connectivity index (χ4n) is 3.86. The fraction of sp³-hybridized carbons (Fsp3) is 0.318. The number of halogens is 1. The van der Waals surface area contributed by atoms with Crippen LogP contribution in [0.5, 0.6) is 5.75 Å². The molecule has 1 aliphatic heterocycles. The molecule has 0 unspecified atom stereocenters. The lowest BCUT2D eigenvalue weighted by atomic mass is 10.1. The highest BCUT2D eigenvalue weighted by Crippen LogP contribution is 2.36. The van der Waals surface area contributed by atoms with Gasteiger partial charge in [0.25, 0.3) is 10.0 Å². The number of piperazine rings is 1. The molecular weight excluding hydrogens is 451 g/mol. The summed E-state index contributed by atoms with van der Waals surface area (Å²) in [4.78, 5) is 6.92. The maximum Gasteiger partial charge on any atom is 0.271 e. The number of rotatable bonds is 6. The summed E-state index contributed by atoms with van der Waals surface area (Å²) in [5.74, 6) is -0.341.